The van der Waals surface area contributed by atoms with E-state index in [2.05, 4.69) is 74.6 Å². The first-order valence-electron chi connectivity index (χ1n) is 40.8. The molecule has 0 aromatic heterocycles. The van der Waals surface area contributed by atoms with Gasteiger partial charge in [-0.25, -0.2) is 4.57 Å². The summed E-state index contributed by atoms with van der Waals surface area (Å²) in [6.45, 7) is 3.71. The first kappa shape index (κ1) is 90.7. The van der Waals surface area contributed by atoms with Gasteiger partial charge in [-0.2, -0.15) is 0 Å². The molecule has 0 aliphatic rings. The largest absolute Gasteiger partial charge is 0.472 e. The van der Waals surface area contributed by atoms with Crippen LogP contribution in [0, 0.1) is 0 Å². The molecule has 0 saturated heterocycles. The summed E-state index contributed by atoms with van der Waals surface area (Å²) in [6, 6.07) is 0. The van der Waals surface area contributed by atoms with Crippen LogP contribution in [0.25, 0.3) is 0 Å². The Balaban J connectivity index is 3.74. The standard InChI is InChI=1S/C83H156NO8P/c1-3-5-7-9-11-13-15-17-19-21-23-25-27-29-31-33-35-37-38-39-40-41-42-44-45-47-49-51-53-55-57-59-61-63-65-67-69-71-73-75-82(85)89-79-81(80-91-93(87,88)90-78-77-84)92-83(86)76-74-72-70-68-66-64-62-60-58-56-54-52-50-48-46-43-36-34-32-30-28-26-24-22-20-18-16-14-12-10-8-6-4-2/h6,8,12,14,18,20-21,23-24,26,81H,3-5,7,9-11,13,15-17,19,22,25,27-80,84H2,1-2H3,(H,87,88)/b8-6-,14-12-,20-18-,23-21-,26-24-. The van der Waals surface area contributed by atoms with E-state index in [4.69, 9.17) is 24.3 Å². The normalized spacial score (nSPS) is 13.1. The number of phosphoric ester groups is 1. The van der Waals surface area contributed by atoms with Crippen LogP contribution in [-0.2, 0) is 32.7 Å². The van der Waals surface area contributed by atoms with E-state index >= 15 is 0 Å². The SMILES string of the molecule is CC/C=C\C/C=C\C/C=C\C/C=C\CCCCCCCCCCCCCCCCCCCCCCC(=O)OC(COC(=O)CCCCCCCCCCCCCCCCCCCCCCCCCCCCC/C=C\CCCCCCCCCC)COP(=O)(O)OCCN. The highest BCUT2D eigenvalue weighted by atomic mass is 31.2. The van der Waals surface area contributed by atoms with E-state index in [1.807, 2.05) is 0 Å². The van der Waals surface area contributed by atoms with Gasteiger partial charge in [0.2, 0.25) is 0 Å². The van der Waals surface area contributed by atoms with Gasteiger partial charge in [0.25, 0.3) is 0 Å². The van der Waals surface area contributed by atoms with Crippen molar-refractivity contribution in [1.82, 2.24) is 0 Å². The van der Waals surface area contributed by atoms with Gasteiger partial charge in [0.15, 0.2) is 6.10 Å². The minimum absolute atomic E-state index is 0.0554. The van der Waals surface area contributed by atoms with E-state index in [-0.39, 0.29) is 38.6 Å². The van der Waals surface area contributed by atoms with Crippen LogP contribution in [0.15, 0.2) is 60.8 Å². The second-order valence-corrected chi connectivity index (χ2v) is 29.1. The topological polar surface area (TPSA) is 134 Å². The maximum Gasteiger partial charge on any atom is 0.472 e. The summed E-state index contributed by atoms with van der Waals surface area (Å²) in [7, 11) is -4.40. The number of esters is 2. The maximum absolute atomic E-state index is 12.8. The molecule has 0 aromatic rings. The number of phosphoric acid groups is 1. The quantitative estimate of drug-likeness (QED) is 0.0264. The van der Waals surface area contributed by atoms with Gasteiger partial charge in [-0.3, -0.25) is 18.6 Å². The lowest BCUT2D eigenvalue weighted by Gasteiger charge is -2.19. The summed E-state index contributed by atoms with van der Waals surface area (Å²) < 4.78 is 33.3. The monoisotopic (exact) mass is 1330 g/mol. The number of carbonyl (C=O) groups excluding carboxylic acids is 2. The molecule has 0 fully saturated rings. The van der Waals surface area contributed by atoms with Crippen molar-refractivity contribution in [3.8, 4) is 0 Å². The Morgan fingerprint density at radius 1 is 0.333 bits per heavy atom. The zero-order valence-electron chi connectivity index (χ0n) is 61.8. The number of allylic oxidation sites excluding steroid dienone is 10. The lowest BCUT2D eigenvalue weighted by atomic mass is 10.0. The number of hydrogen-bond acceptors (Lipinski definition) is 8. The summed E-state index contributed by atoms with van der Waals surface area (Å²) in [4.78, 5) is 35.5. The first-order chi connectivity index (χ1) is 45.8. The van der Waals surface area contributed by atoms with Gasteiger partial charge >= 0.3 is 19.8 Å². The highest BCUT2D eigenvalue weighted by molar-refractivity contribution is 7.47. The Hall–Kier alpha value is -2.29. The first-order valence-corrected chi connectivity index (χ1v) is 42.3. The zero-order valence-corrected chi connectivity index (χ0v) is 62.7. The molecular weight excluding hydrogens is 1170 g/mol. The van der Waals surface area contributed by atoms with E-state index in [0.29, 0.717) is 6.42 Å². The van der Waals surface area contributed by atoms with Crippen molar-refractivity contribution in [2.45, 2.75) is 431 Å². The van der Waals surface area contributed by atoms with Crippen molar-refractivity contribution in [3.05, 3.63) is 60.8 Å². The minimum Gasteiger partial charge on any atom is -0.462 e. The fraction of sp³-hybridized carbons (Fsp3) is 0.855. The Morgan fingerprint density at radius 3 is 0.892 bits per heavy atom. The fourth-order valence-electron chi connectivity index (χ4n) is 12.4. The van der Waals surface area contributed by atoms with Gasteiger partial charge < -0.3 is 20.1 Å². The van der Waals surface area contributed by atoms with Gasteiger partial charge in [0.05, 0.1) is 13.2 Å². The van der Waals surface area contributed by atoms with Crippen molar-refractivity contribution in [1.29, 1.82) is 0 Å². The second-order valence-electron chi connectivity index (χ2n) is 27.6. The highest BCUT2D eigenvalue weighted by Gasteiger charge is 2.26. The molecule has 10 heteroatoms. The van der Waals surface area contributed by atoms with Crippen LogP contribution in [0.4, 0.5) is 0 Å². The highest BCUT2D eigenvalue weighted by Crippen LogP contribution is 2.43. The van der Waals surface area contributed by atoms with Gasteiger partial charge in [-0.1, -0.05) is 396 Å². The van der Waals surface area contributed by atoms with E-state index < -0.39 is 26.5 Å². The van der Waals surface area contributed by atoms with Crippen molar-refractivity contribution in [3.63, 3.8) is 0 Å². The molecule has 3 N–H and O–H groups in total. The number of hydrogen-bond donors (Lipinski definition) is 2. The number of unbranched alkanes of at least 4 members (excludes halogenated alkanes) is 55. The molecular formula is C83H156NO8P. The van der Waals surface area contributed by atoms with E-state index in [1.165, 1.54) is 334 Å². The average Bonchev–Trinajstić information content (AvgIpc) is 3.32. The van der Waals surface area contributed by atoms with Gasteiger partial charge in [-0.05, 0) is 77.0 Å². The van der Waals surface area contributed by atoms with Crippen LogP contribution in [0.2, 0.25) is 0 Å². The smallest absolute Gasteiger partial charge is 0.462 e. The lowest BCUT2D eigenvalue weighted by molar-refractivity contribution is -0.161. The summed E-state index contributed by atoms with van der Waals surface area (Å²) in [5.74, 6) is -0.803. The van der Waals surface area contributed by atoms with Crippen molar-refractivity contribution in [2.24, 2.45) is 5.73 Å². The Labute approximate surface area is 578 Å². The lowest BCUT2D eigenvalue weighted by Crippen LogP contribution is -2.29. The van der Waals surface area contributed by atoms with Crippen LogP contribution in [0.5, 0.6) is 0 Å². The second kappa shape index (κ2) is 78.7. The number of carbonyl (C=O) groups is 2. The predicted molar refractivity (Wildman–Crippen MR) is 404 cm³/mol. The summed E-state index contributed by atoms with van der Waals surface area (Å²) in [5, 5.41) is 0. The molecule has 0 bridgehead atoms. The molecule has 0 heterocycles. The van der Waals surface area contributed by atoms with E-state index in [1.54, 1.807) is 0 Å². The van der Waals surface area contributed by atoms with Gasteiger partial charge in [-0.15, -0.1) is 0 Å². The Kier molecular flexibility index (Phi) is 76.8. The van der Waals surface area contributed by atoms with Crippen molar-refractivity contribution >= 4 is 19.8 Å². The number of nitrogens with two attached hydrogens (primary N) is 1. The molecule has 0 radical (unpaired) electrons. The summed E-state index contributed by atoms with van der Waals surface area (Å²) >= 11 is 0. The average molecular weight is 1330 g/mol. The van der Waals surface area contributed by atoms with Crippen LogP contribution >= 0.6 is 7.82 Å². The maximum atomic E-state index is 12.8. The number of ether oxygens (including phenoxy) is 2. The minimum atomic E-state index is -4.40. The Bertz CT molecular complexity index is 1710. The molecule has 2 unspecified atom stereocenters. The molecule has 2 atom stereocenters. The molecule has 0 spiro atoms. The third kappa shape index (κ3) is 78.6. The third-order valence-electron chi connectivity index (χ3n) is 18.4. The van der Waals surface area contributed by atoms with Crippen molar-refractivity contribution < 1.29 is 37.6 Å². The summed E-state index contributed by atoms with van der Waals surface area (Å²) in [5.41, 5.74) is 5.42. The molecule has 0 aromatic carbocycles. The van der Waals surface area contributed by atoms with Crippen LogP contribution in [0.3, 0.4) is 0 Å². The Morgan fingerprint density at radius 2 is 0.591 bits per heavy atom. The van der Waals surface area contributed by atoms with Gasteiger partial charge in [0.1, 0.15) is 6.61 Å². The van der Waals surface area contributed by atoms with Crippen molar-refractivity contribution in [2.75, 3.05) is 26.4 Å². The molecule has 0 rings (SSSR count). The fourth-order valence-corrected chi connectivity index (χ4v) is 13.2. The van der Waals surface area contributed by atoms with E-state index in [9.17, 15) is 19.0 Å². The van der Waals surface area contributed by atoms with E-state index in [0.717, 1.165) is 57.8 Å². The van der Waals surface area contributed by atoms with Crippen LogP contribution < -0.4 is 5.73 Å². The molecule has 0 amide bonds. The van der Waals surface area contributed by atoms with Crippen LogP contribution in [0.1, 0.15) is 425 Å². The predicted octanol–water partition coefficient (Wildman–Crippen LogP) is 27.3. The molecule has 9 nitrogen and oxygen atoms in total. The molecule has 0 saturated carbocycles. The van der Waals surface area contributed by atoms with Gasteiger partial charge in [0, 0.05) is 19.4 Å². The zero-order chi connectivity index (χ0) is 67.2. The number of rotatable bonds is 78. The molecule has 0 aliphatic heterocycles. The van der Waals surface area contributed by atoms with Crippen LogP contribution in [-0.4, -0.2) is 49.3 Å². The third-order valence-corrected chi connectivity index (χ3v) is 19.4. The summed E-state index contributed by atoms with van der Waals surface area (Å²) in [6.07, 6.45) is 104. The molecule has 93 heavy (non-hydrogen) atoms. The molecule has 546 valence electrons. The molecule has 0 aliphatic carbocycles.